The van der Waals surface area contributed by atoms with Crippen LogP contribution in [0, 0.1) is 0 Å². The van der Waals surface area contributed by atoms with Gasteiger partial charge in [-0.05, 0) is 30.5 Å². The number of fused-ring (bicyclic) bond motifs is 1. The van der Waals surface area contributed by atoms with Crippen molar-refractivity contribution < 1.29 is 19.1 Å². The largest absolute Gasteiger partial charge is 0.453 e. The second-order valence-electron chi connectivity index (χ2n) is 6.04. The number of rotatable bonds is 7. The zero-order valence-electron chi connectivity index (χ0n) is 15.4. The number of amides is 2. The summed E-state index contributed by atoms with van der Waals surface area (Å²) < 4.78 is 5.20. The molecule has 2 amide bonds. The number of carbonyl (C=O) groups is 3. The van der Waals surface area contributed by atoms with Crippen LogP contribution >= 0.6 is 11.3 Å². The number of esters is 1. The van der Waals surface area contributed by atoms with Gasteiger partial charge in [0.25, 0.3) is 11.5 Å². The molecule has 150 valence electrons. The van der Waals surface area contributed by atoms with Gasteiger partial charge in [0.1, 0.15) is 6.54 Å². The standard InChI is InChI=1S/C19H18N4O5S/c1-11(17-22-13-6-3-2-5-12(13)18(26)23-17)28-16(25)10-20-15(24)9-21-19(27)14-7-4-8-29-14/h2-8,11H,9-10H2,1H3,(H,20,24)(H,21,27)(H,22,23,26)/t11-/m1/s1. The molecule has 3 aromatic rings. The SMILES string of the molecule is C[C@@H](OC(=O)CNC(=O)CNC(=O)c1cccs1)c1nc2ccccc2c(=O)[nH]1. The number of benzene rings is 1. The van der Waals surface area contributed by atoms with Crippen LogP contribution < -0.4 is 16.2 Å². The van der Waals surface area contributed by atoms with Crippen LogP contribution in [0.5, 0.6) is 0 Å². The topological polar surface area (TPSA) is 130 Å². The van der Waals surface area contributed by atoms with E-state index in [2.05, 4.69) is 20.6 Å². The fraction of sp³-hybridized carbons (Fsp3) is 0.211. The Kier molecular flexibility index (Phi) is 6.35. The molecule has 2 heterocycles. The van der Waals surface area contributed by atoms with Crippen molar-refractivity contribution in [2.75, 3.05) is 13.1 Å². The Balaban J connectivity index is 1.48. The first-order valence-corrected chi connectivity index (χ1v) is 9.59. The third-order valence-corrected chi connectivity index (χ3v) is 4.78. The molecule has 0 aliphatic carbocycles. The van der Waals surface area contributed by atoms with Crippen molar-refractivity contribution >= 4 is 40.0 Å². The highest BCUT2D eigenvalue weighted by Crippen LogP contribution is 2.14. The Morgan fingerprint density at radius 2 is 1.93 bits per heavy atom. The van der Waals surface area contributed by atoms with E-state index in [1.54, 1.807) is 48.7 Å². The van der Waals surface area contributed by atoms with Crippen molar-refractivity contribution in [3.63, 3.8) is 0 Å². The minimum absolute atomic E-state index is 0.205. The van der Waals surface area contributed by atoms with Gasteiger partial charge in [-0.1, -0.05) is 18.2 Å². The first kappa shape index (κ1) is 20.2. The van der Waals surface area contributed by atoms with Crippen molar-refractivity contribution in [1.82, 2.24) is 20.6 Å². The van der Waals surface area contributed by atoms with E-state index in [4.69, 9.17) is 4.74 Å². The maximum atomic E-state index is 12.1. The predicted molar refractivity (Wildman–Crippen MR) is 107 cm³/mol. The number of carbonyl (C=O) groups excluding carboxylic acids is 3. The van der Waals surface area contributed by atoms with Gasteiger partial charge in [-0.2, -0.15) is 0 Å². The number of nitrogens with zero attached hydrogens (tertiary/aromatic N) is 1. The highest BCUT2D eigenvalue weighted by molar-refractivity contribution is 7.12. The summed E-state index contributed by atoms with van der Waals surface area (Å²) in [6, 6.07) is 10.2. The summed E-state index contributed by atoms with van der Waals surface area (Å²) in [6.07, 6.45) is -0.810. The fourth-order valence-electron chi connectivity index (χ4n) is 2.48. The minimum atomic E-state index is -0.810. The van der Waals surface area contributed by atoms with Crippen LogP contribution in [-0.2, 0) is 14.3 Å². The van der Waals surface area contributed by atoms with E-state index in [0.717, 1.165) is 0 Å². The van der Waals surface area contributed by atoms with E-state index in [0.29, 0.717) is 15.8 Å². The molecular weight excluding hydrogens is 396 g/mol. The van der Waals surface area contributed by atoms with Crippen LogP contribution in [0.1, 0.15) is 28.5 Å². The first-order valence-electron chi connectivity index (χ1n) is 8.71. The summed E-state index contributed by atoms with van der Waals surface area (Å²) in [5.74, 6) is -1.39. The average Bonchev–Trinajstić information content (AvgIpc) is 3.25. The maximum absolute atomic E-state index is 12.1. The molecule has 0 spiro atoms. The molecule has 0 fully saturated rings. The summed E-state index contributed by atoms with van der Waals surface area (Å²) in [5, 5.41) is 7.01. The van der Waals surface area contributed by atoms with Crippen LogP contribution in [0.25, 0.3) is 10.9 Å². The van der Waals surface area contributed by atoms with E-state index < -0.39 is 18.0 Å². The molecule has 0 unspecified atom stereocenters. The number of hydrogen-bond donors (Lipinski definition) is 3. The Bertz CT molecular complexity index is 1090. The van der Waals surface area contributed by atoms with Gasteiger partial charge in [-0.25, -0.2) is 4.98 Å². The predicted octanol–water partition coefficient (Wildman–Crippen LogP) is 1.14. The van der Waals surface area contributed by atoms with Gasteiger partial charge in [0, 0.05) is 0 Å². The van der Waals surface area contributed by atoms with Crippen molar-refractivity contribution in [3.8, 4) is 0 Å². The maximum Gasteiger partial charge on any atom is 0.326 e. The van der Waals surface area contributed by atoms with Gasteiger partial charge in [0.2, 0.25) is 5.91 Å². The van der Waals surface area contributed by atoms with Gasteiger partial charge in [-0.3, -0.25) is 19.2 Å². The van der Waals surface area contributed by atoms with Crippen molar-refractivity contribution in [3.05, 3.63) is 62.8 Å². The highest BCUT2D eigenvalue weighted by atomic mass is 32.1. The number of aromatic nitrogens is 2. The second-order valence-corrected chi connectivity index (χ2v) is 6.98. The summed E-state index contributed by atoms with van der Waals surface area (Å²) in [6.45, 7) is 0.920. The number of nitrogens with one attached hydrogen (secondary N) is 3. The van der Waals surface area contributed by atoms with Gasteiger partial charge in [0.05, 0.1) is 22.3 Å². The van der Waals surface area contributed by atoms with Crippen molar-refractivity contribution in [2.24, 2.45) is 0 Å². The monoisotopic (exact) mass is 414 g/mol. The van der Waals surface area contributed by atoms with Gasteiger partial charge >= 0.3 is 5.97 Å². The first-order chi connectivity index (χ1) is 13.9. The fourth-order valence-corrected chi connectivity index (χ4v) is 3.12. The molecule has 10 heteroatoms. The molecule has 0 saturated heterocycles. The van der Waals surface area contributed by atoms with Crippen molar-refractivity contribution in [2.45, 2.75) is 13.0 Å². The van der Waals surface area contributed by atoms with Gasteiger partial charge in [0.15, 0.2) is 11.9 Å². The molecule has 0 aliphatic heterocycles. The van der Waals surface area contributed by atoms with Gasteiger partial charge in [-0.15, -0.1) is 11.3 Å². The van der Waals surface area contributed by atoms with Crippen LogP contribution in [0.3, 0.4) is 0 Å². The Morgan fingerprint density at radius 1 is 1.14 bits per heavy atom. The van der Waals surface area contributed by atoms with Crippen LogP contribution in [0.2, 0.25) is 0 Å². The third kappa shape index (κ3) is 5.26. The van der Waals surface area contributed by atoms with Crippen LogP contribution in [0.4, 0.5) is 0 Å². The highest BCUT2D eigenvalue weighted by Gasteiger charge is 2.16. The molecular formula is C19H18N4O5S. The number of hydrogen-bond acceptors (Lipinski definition) is 7. The van der Waals surface area contributed by atoms with E-state index in [-0.39, 0.29) is 30.4 Å². The molecule has 3 rings (SSSR count). The number of aromatic amines is 1. The van der Waals surface area contributed by atoms with E-state index >= 15 is 0 Å². The Hall–Kier alpha value is -3.53. The molecule has 2 aromatic heterocycles. The second kappa shape index (κ2) is 9.11. The molecule has 0 radical (unpaired) electrons. The molecule has 29 heavy (non-hydrogen) atoms. The number of para-hydroxylation sites is 1. The smallest absolute Gasteiger partial charge is 0.326 e. The molecule has 1 atom stereocenters. The van der Waals surface area contributed by atoms with E-state index in [9.17, 15) is 19.2 Å². The summed E-state index contributed by atoms with van der Waals surface area (Å²) in [7, 11) is 0. The van der Waals surface area contributed by atoms with Crippen LogP contribution in [0.15, 0.2) is 46.6 Å². The summed E-state index contributed by atoms with van der Waals surface area (Å²) in [5.41, 5.74) is 0.159. The zero-order valence-corrected chi connectivity index (χ0v) is 16.2. The van der Waals surface area contributed by atoms with Crippen LogP contribution in [-0.4, -0.2) is 40.8 Å². The number of H-pyrrole nitrogens is 1. The Morgan fingerprint density at radius 3 is 2.69 bits per heavy atom. The average molecular weight is 414 g/mol. The molecule has 3 N–H and O–H groups in total. The normalized spacial score (nSPS) is 11.6. The molecule has 0 saturated carbocycles. The lowest BCUT2D eigenvalue weighted by Crippen LogP contribution is -2.39. The zero-order chi connectivity index (χ0) is 20.8. The van der Waals surface area contributed by atoms with Gasteiger partial charge < -0.3 is 20.4 Å². The minimum Gasteiger partial charge on any atom is -0.453 e. The molecule has 0 bridgehead atoms. The molecule has 0 aliphatic rings. The van der Waals surface area contributed by atoms with E-state index in [1.165, 1.54) is 11.3 Å². The van der Waals surface area contributed by atoms with Crippen molar-refractivity contribution in [1.29, 1.82) is 0 Å². The lowest BCUT2D eigenvalue weighted by Gasteiger charge is -2.13. The number of thiophene rings is 1. The summed E-state index contributed by atoms with van der Waals surface area (Å²) in [4.78, 5) is 55.0. The van der Waals surface area contributed by atoms with E-state index in [1.807, 2.05) is 0 Å². The lowest BCUT2D eigenvalue weighted by molar-refractivity contribution is -0.148. The molecule has 1 aromatic carbocycles. The Labute approximate surface area is 169 Å². The quantitative estimate of drug-likeness (QED) is 0.497. The summed E-state index contributed by atoms with van der Waals surface area (Å²) >= 11 is 1.26. The lowest BCUT2D eigenvalue weighted by atomic mass is 10.2. The number of ether oxygens (including phenoxy) is 1. The third-order valence-electron chi connectivity index (χ3n) is 3.91. The molecule has 9 nitrogen and oxygen atoms in total.